The number of hydrogen-bond donors (Lipinski definition) is 1. The van der Waals surface area contributed by atoms with Crippen molar-refractivity contribution in [2.24, 2.45) is 17.6 Å². The van der Waals surface area contributed by atoms with Gasteiger partial charge in [-0.3, -0.25) is 0 Å². The minimum absolute atomic E-state index is 0.407. The molecule has 5 heteroatoms. The molecule has 2 N–H and O–H groups in total. The Morgan fingerprint density at radius 3 is 2.83 bits per heavy atom. The molecule has 0 spiro atoms. The van der Waals surface area contributed by atoms with Crippen LogP contribution in [0.4, 0.5) is 5.13 Å². The lowest BCUT2D eigenvalue weighted by molar-refractivity contribution is 0.260. The number of anilines is 1. The molecule has 1 aliphatic heterocycles. The average molecular weight is 264 g/mol. The van der Waals surface area contributed by atoms with Gasteiger partial charge in [-0.15, -0.1) is 0 Å². The Labute approximate surface area is 112 Å². The van der Waals surface area contributed by atoms with Crippen LogP contribution in [0.25, 0.3) is 0 Å². The molecule has 2 saturated carbocycles. The van der Waals surface area contributed by atoms with Crippen LogP contribution in [0.15, 0.2) is 0 Å². The molecule has 2 aliphatic carbocycles. The van der Waals surface area contributed by atoms with Crippen LogP contribution in [0.2, 0.25) is 0 Å². The lowest BCUT2D eigenvalue weighted by Crippen LogP contribution is -2.38. The predicted octanol–water partition coefficient (Wildman–Crippen LogP) is 1.98. The Morgan fingerprint density at radius 1 is 1.17 bits per heavy atom. The number of hydrogen-bond acceptors (Lipinski definition) is 5. The summed E-state index contributed by atoms with van der Waals surface area (Å²) in [5, 5.41) is 1.14. The van der Waals surface area contributed by atoms with Gasteiger partial charge in [0, 0.05) is 36.6 Å². The van der Waals surface area contributed by atoms with Gasteiger partial charge < -0.3 is 10.6 Å². The molecular formula is C13H20N4S. The van der Waals surface area contributed by atoms with E-state index in [4.69, 9.17) is 10.7 Å². The van der Waals surface area contributed by atoms with Gasteiger partial charge in [0.05, 0.1) is 0 Å². The SMILES string of the molecule is NC1CCCC2CN(c3nc(C4CC4)ns3)CC12. The van der Waals surface area contributed by atoms with Crippen molar-refractivity contribution >= 4 is 16.7 Å². The van der Waals surface area contributed by atoms with Crippen molar-refractivity contribution in [2.75, 3.05) is 18.0 Å². The minimum atomic E-state index is 0.407. The zero-order valence-corrected chi connectivity index (χ0v) is 11.4. The van der Waals surface area contributed by atoms with E-state index in [0.29, 0.717) is 17.9 Å². The van der Waals surface area contributed by atoms with Crippen LogP contribution in [0, 0.1) is 11.8 Å². The van der Waals surface area contributed by atoms with Gasteiger partial charge in [-0.2, -0.15) is 4.37 Å². The molecule has 98 valence electrons. The van der Waals surface area contributed by atoms with Crippen molar-refractivity contribution in [3.05, 3.63) is 5.82 Å². The molecule has 0 amide bonds. The molecule has 1 aromatic rings. The van der Waals surface area contributed by atoms with Crippen LogP contribution in [0.1, 0.15) is 43.8 Å². The summed E-state index contributed by atoms with van der Waals surface area (Å²) >= 11 is 1.59. The fraction of sp³-hybridized carbons (Fsp3) is 0.846. The van der Waals surface area contributed by atoms with E-state index in [0.717, 1.165) is 30.0 Å². The highest BCUT2D eigenvalue weighted by atomic mass is 32.1. The second kappa shape index (κ2) is 4.17. The van der Waals surface area contributed by atoms with Gasteiger partial charge in [-0.05, 0) is 37.5 Å². The van der Waals surface area contributed by atoms with Crippen molar-refractivity contribution in [2.45, 2.75) is 44.1 Å². The van der Waals surface area contributed by atoms with Crippen molar-refractivity contribution in [1.29, 1.82) is 0 Å². The molecule has 18 heavy (non-hydrogen) atoms. The maximum absolute atomic E-state index is 6.26. The van der Waals surface area contributed by atoms with Gasteiger partial charge in [-0.25, -0.2) is 4.98 Å². The highest BCUT2D eigenvalue weighted by molar-refractivity contribution is 7.09. The molecule has 3 unspecified atom stereocenters. The number of nitrogens with zero attached hydrogens (tertiary/aromatic N) is 3. The molecule has 0 bridgehead atoms. The van der Waals surface area contributed by atoms with Crippen molar-refractivity contribution in [1.82, 2.24) is 9.36 Å². The third-order valence-electron chi connectivity index (χ3n) is 4.80. The van der Waals surface area contributed by atoms with Crippen LogP contribution in [-0.4, -0.2) is 28.5 Å². The zero-order valence-electron chi connectivity index (χ0n) is 10.6. The van der Waals surface area contributed by atoms with Gasteiger partial charge in [0.1, 0.15) is 5.82 Å². The molecule has 2 heterocycles. The predicted molar refractivity (Wildman–Crippen MR) is 72.9 cm³/mol. The molecule has 3 fully saturated rings. The standard InChI is InChI=1S/C13H20N4S/c14-11-3-1-2-9-6-17(7-10(9)11)13-15-12(16-18-13)8-4-5-8/h8-11H,1-7,14H2. The van der Waals surface area contributed by atoms with E-state index < -0.39 is 0 Å². The van der Waals surface area contributed by atoms with Gasteiger partial charge >= 0.3 is 0 Å². The number of nitrogens with two attached hydrogens (primary N) is 1. The van der Waals surface area contributed by atoms with E-state index in [2.05, 4.69) is 9.27 Å². The first kappa shape index (κ1) is 11.2. The maximum atomic E-state index is 6.26. The summed E-state index contributed by atoms with van der Waals surface area (Å²) in [6.07, 6.45) is 6.43. The molecule has 4 nitrogen and oxygen atoms in total. The van der Waals surface area contributed by atoms with E-state index in [1.165, 1.54) is 32.1 Å². The molecule has 3 atom stereocenters. The monoisotopic (exact) mass is 264 g/mol. The Morgan fingerprint density at radius 2 is 2.06 bits per heavy atom. The average Bonchev–Trinajstić information content (AvgIpc) is 2.93. The number of aromatic nitrogens is 2. The highest BCUT2D eigenvalue weighted by Crippen LogP contribution is 2.42. The molecule has 4 rings (SSSR count). The summed E-state index contributed by atoms with van der Waals surface area (Å²) in [5.74, 6) is 3.24. The molecular weight excluding hydrogens is 244 g/mol. The Bertz CT molecular complexity index is 442. The van der Waals surface area contributed by atoms with E-state index in [1.54, 1.807) is 11.5 Å². The Kier molecular flexibility index (Phi) is 2.59. The highest BCUT2D eigenvalue weighted by Gasteiger charge is 2.40. The first-order valence-corrected chi connectivity index (χ1v) is 7.93. The summed E-state index contributed by atoms with van der Waals surface area (Å²) < 4.78 is 4.52. The first-order chi connectivity index (χ1) is 8.81. The lowest BCUT2D eigenvalue weighted by atomic mass is 9.78. The van der Waals surface area contributed by atoms with Gasteiger partial charge in [0.2, 0.25) is 5.13 Å². The van der Waals surface area contributed by atoms with Crippen molar-refractivity contribution in [3.8, 4) is 0 Å². The van der Waals surface area contributed by atoms with Crippen LogP contribution in [-0.2, 0) is 0 Å². The smallest absolute Gasteiger partial charge is 0.205 e. The van der Waals surface area contributed by atoms with Crippen LogP contribution >= 0.6 is 11.5 Å². The summed E-state index contributed by atoms with van der Waals surface area (Å²) in [4.78, 5) is 7.16. The molecule has 0 aromatic carbocycles. The normalized spacial score (nSPS) is 35.8. The number of fused-ring (bicyclic) bond motifs is 1. The van der Waals surface area contributed by atoms with Gasteiger partial charge in [-0.1, -0.05) is 6.42 Å². The second-order valence-electron chi connectivity index (χ2n) is 6.13. The largest absolute Gasteiger partial charge is 0.346 e. The third kappa shape index (κ3) is 1.84. The fourth-order valence-corrected chi connectivity index (χ4v) is 4.30. The number of rotatable bonds is 2. The lowest BCUT2D eigenvalue weighted by Gasteiger charge is -2.29. The summed E-state index contributed by atoms with van der Waals surface area (Å²) in [7, 11) is 0. The summed E-state index contributed by atoms with van der Waals surface area (Å²) in [6, 6.07) is 0.407. The van der Waals surface area contributed by atoms with E-state index >= 15 is 0 Å². The van der Waals surface area contributed by atoms with Gasteiger partial charge in [0.25, 0.3) is 0 Å². The second-order valence-corrected chi connectivity index (χ2v) is 6.86. The first-order valence-electron chi connectivity index (χ1n) is 7.15. The third-order valence-corrected chi connectivity index (χ3v) is 5.59. The maximum Gasteiger partial charge on any atom is 0.205 e. The van der Waals surface area contributed by atoms with E-state index in [-0.39, 0.29) is 0 Å². The van der Waals surface area contributed by atoms with Crippen LogP contribution in [0.5, 0.6) is 0 Å². The zero-order chi connectivity index (χ0) is 12.1. The molecule has 3 aliphatic rings. The van der Waals surface area contributed by atoms with Crippen molar-refractivity contribution in [3.63, 3.8) is 0 Å². The molecule has 1 aromatic heterocycles. The Hall–Kier alpha value is -0.680. The van der Waals surface area contributed by atoms with E-state index in [9.17, 15) is 0 Å². The molecule has 1 saturated heterocycles. The van der Waals surface area contributed by atoms with Crippen molar-refractivity contribution < 1.29 is 0 Å². The van der Waals surface area contributed by atoms with Gasteiger partial charge in [0.15, 0.2) is 0 Å². The topological polar surface area (TPSA) is 55.0 Å². The van der Waals surface area contributed by atoms with Crippen LogP contribution in [0.3, 0.4) is 0 Å². The Balaban J connectivity index is 1.51. The minimum Gasteiger partial charge on any atom is -0.346 e. The van der Waals surface area contributed by atoms with Crippen LogP contribution < -0.4 is 10.6 Å². The molecule has 0 radical (unpaired) electrons. The summed E-state index contributed by atoms with van der Waals surface area (Å²) in [6.45, 7) is 2.25. The fourth-order valence-electron chi connectivity index (χ4n) is 3.54. The summed E-state index contributed by atoms with van der Waals surface area (Å²) in [5.41, 5.74) is 6.26. The van der Waals surface area contributed by atoms with E-state index in [1.807, 2.05) is 0 Å². The quantitative estimate of drug-likeness (QED) is 0.887.